The molecule has 0 radical (unpaired) electrons. The summed E-state index contributed by atoms with van der Waals surface area (Å²) in [5, 5.41) is 29.8. The molecule has 6 aromatic carbocycles. The van der Waals surface area contributed by atoms with E-state index in [4.69, 9.17) is 34.8 Å². The first-order valence-electron chi connectivity index (χ1n) is 47.3. The molecule has 3 fully saturated rings. The lowest BCUT2D eigenvalue weighted by Gasteiger charge is -2.29. The van der Waals surface area contributed by atoms with Gasteiger partial charge in [-0.05, 0) is 150 Å². The number of hydrogen-bond donors (Lipinski definition) is 7. The van der Waals surface area contributed by atoms with Crippen LogP contribution in [0.4, 0.5) is 24.0 Å². The second-order valence-corrected chi connectivity index (χ2v) is 44.0. The number of aromatic nitrogens is 5. The third-order valence-electron chi connectivity index (χ3n) is 22.8. The summed E-state index contributed by atoms with van der Waals surface area (Å²) in [6.45, 7) is 15.9. The standard InChI is InChI=1S/C37H45N5O4S3.C33H41N3O5S2.C23H27N3O2S.C8H14N2S.C4H7NO2S.2ClH/c1-26(2)35-39-31(22-48-35)20-41(3)37(45)42-25-47-23-33(42)34(43)18-29(16-27-10-6-4-7-11-27)14-15-30(17-28-12-8-5-9-13-28)40-36(44)46-21-32-19-38-24-49-32;1-33(2,3)41-32(39)36-23-42-21-29(36)30(37)18-26(16-24-10-6-4-7-11-24)14-15-27(17-25-12-8-5-9-13-25)35-31(38)40-20-28-19-34-22-43-28;24-20(13-18-7-3-1-4-8-18)11-12-21(14-19-9-5-2-6-10-19)26-23(27)28-16-22-15-25-17-29-22;1-6(2)8-10-7(4-9-3)5-11-8;6-4(7)3-1-8-2-5-3;;/h4-13,19,22,24,26,29-30,33H,14-18,20-21,23,25H2,1-3H3,(H,40,44);4-13,19,22,26-27,29H,14-18,20-21,23H2,1-3H3,(H,35,38);1-10,15,17,20-21H,11-14,16,24H2,(H,26,27);5-6,9H,4H2,1-3H3;3,5H,1-2H2,(H,6,7);2*1H/t29-,30-,33+;26-,27-,29+;20-,21-;;3-;;/m111.0../s1. The molecule has 8 heterocycles. The first-order valence-corrected chi connectivity index (χ1v) is 55.2. The van der Waals surface area contributed by atoms with Crippen LogP contribution >= 0.6 is 117 Å². The van der Waals surface area contributed by atoms with Crippen LogP contribution in [0, 0.1) is 11.8 Å². The molecule has 3 saturated heterocycles. The molecule has 0 saturated carbocycles. The van der Waals surface area contributed by atoms with Crippen molar-refractivity contribution < 1.29 is 62.4 Å². The van der Waals surface area contributed by atoms with E-state index < -0.39 is 48.0 Å². The summed E-state index contributed by atoms with van der Waals surface area (Å²) < 4.78 is 21.9. The topological polar surface area (TPSA) is 354 Å². The Labute approximate surface area is 881 Å². The number of ether oxygens (including phenoxy) is 4. The van der Waals surface area contributed by atoms with Crippen LogP contribution in [0.3, 0.4) is 0 Å². The van der Waals surface area contributed by atoms with E-state index in [2.05, 4.69) is 140 Å². The number of nitrogens with one attached hydrogen (secondary N) is 5. The molecule has 0 unspecified atom stereocenters. The van der Waals surface area contributed by atoms with Gasteiger partial charge in [-0.3, -0.25) is 39.6 Å². The fraction of sp³-hybridized carbons (Fsp3) is 0.438. The van der Waals surface area contributed by atoms with Gasteiger partial charge in [0.05, 0.1) is 70.9 Å². The minimum absolute atomic E-state index is 0. The van der Waals surface area contributed by atoms with Crippen LogP contribution in [0.1, 0.15) is 181 Å². The van der Waals surface area contributed by atoms with Crippen LogP contribution < -0.4 is 32.3 Å². The smallest absolute Gasteiger partial charge is 0.411 e. The molecule has 0 aliphatic carbocycles. The lowest BCUT2D eigenvalue weighted by Crippen LogP contribution is -2.47. The van der Waals surface area contributed by atoms with E-state index >= 15 is 0 Å². The Morgan fingerprint density at radius 1 is 0.479 bits per heavy atom. The molecule has 766 valence electrons. The van der Waals surface area contributed by atoms with E-state index in [9.17, 15) is 38.4 Å². The highest BCUT2D eigenvalue weighted by Crippen LogP contribution is 2.33. The van der Waals surface area contributed by atoms with Crippen molar-refractivity contribution in [1.29, 1.82) is 0 Å². The van der Waals surface area contributed by atoms with Crippen LogP contribution in [-0.2, 0) is 105 Å². The molecule has 14 rings (SSSR count). The fourth-order valence-corrected chi connectivity index (χ4v) is 22.1. The molecule has 37 heteroatoms. The number of nitrogens with two attached hydrogens (primary N) is 1. The molecule has 8 N–H and O–H groups in total. The second kappa shape index (κ2) is 64.1. The number of halogens is 2. The van der Waals surface area contributed by atoms with Gasteiger partial charge < -0.3 is 60.9 Å². The second-order valence-electron chi connectivity index (χ2n) is 36.3. The summed E-state index contributed by atoms with van der Waals surface area (Å²) in [6.07, 6.45) is 12.7. The molecule has 0 spiro atoms. The van der Waals surface area contributed by atoms with Crippen molar-refractivity contribution in [2.24, 2.45) is 17.6 Å². The summed E-state index contributed by atoms with van der Waals surface area (Å²) in [7, 11) is 3.72. The molecule has 5 aromatic heterocycles. The van der Waals surface area contributed by atoms with Gasteiger partial charge in [0.15, 0.2) is 11.6 Å². The number of alkyl carbamates (subject to hydrolysis) is 3. The normalized spacial score (nSPS) is 15.4. The summed E-state index contributed by atoms with van der Waals surface area (Å²) in [5.41, 5.74) is 19.8. The highest BCUT2D eigenvalue weighted by Gasteiger charge is 2.40. The molecule has 3 aliphatic rings. The van der Waals surface area contributed by atoms with Gasteiger partial charge in [-0.1, -0.05) is 210 Å². The number of Topliss-reactive ketones (excluding diaryl/α,β-unsaturated/α-hetero) is 2. The van der Waals surface area contributed by atoms with Gasteiger partial charge in [-0.15, -0.1) is 117 Å². The van der Waals surface area contributed by atoms with Gasteiger partial charge in [0, 0.05) is 115 Å². The number of rotatable bonds is 43. The Kier molecular flexibility index (Phi) is 53.0. The van der Waals surface area contributed by atoms with Gasteiger partial charge in [-0.25, -0.2) is 33.9 Å². The maximum atomic E-state index is 14.0. The van der Waals surface area contributed by atoms with E-state index in [1.807, 2.05) is 155 Å². The largest absolute Gasteiger partial charge is 0.480 e. The Balaban J connectivity index is 0.000000240. The highest BCUT2D eigenvalue weighted by molar-refractivity contribution is 8.00. The van der Waals surface area contributed by atoms with Gasteiger partial charge in [0.2, 0.25) is 0 Å². The number of aliphatic carboxylic acids is 1. The van der Waals surface area contributed by atoms with Crippen molar-refractivity contribution in [3.63, 3.8) is 0 Å². The minimum atomic E-state index is -0.741. The van der Waals surface area contributed by atoms with E-state index in [-0.39, 0.29) is 104 Å². The van der Waals surface area contributed by atoms with Crippen LogP contribution in [0.15, 0.2) is 228 Å². The quantitative estimate of drug-likeness (QED) is 0.0175. The monoisotopic (exact) mass is 2130 g/mol. The van der Waals surface area contributed by atoms with Crippen molar-refractivity contribution in [1.82, 2.24) is 66.2 Å². The first-order chi connectivity index (χ1) is 67.6. The predicted octanol–water partition coefficient (Wildman–Crippen LogP) is 21.6. The SMILES string of the molecule is CC(C)(C)OC(=O)N1CSC[C@H]1C(=O)C[C@H](CC[C@H](Cc1ccccc1)NC(=O)OCc1cncs1)Cc1ccccc1.CC(C)c1nc(CN(C)C(=O)N2CSC[C@H]2C(=O)C[C@H](CC[C@H](Cc2ccccc2)NC(=O)OCc2cncs2)Cc2ccccc2)cs1.CNCc1csc(C(C)C)n1.Cl.Cl.N[C@H](CC[C@H](Cc1ccccc1)NC(=O)OCc1cncs1)Cc1ccccc1.O=C(O)[C@@H]1CSCN1. The lowest BCUT2D eigenvalue weighted by molar-refractivity contribution is -0.138. The summed E-state index contributed by atoms with van der Waals surface area (Å²) in [5.74, 6) is 3.94. The van der Waals surface area contributed by atoms with E-state index in [1.165, 1.54) is 50.1 Å². The predicted molar refractivity (Wildman–Crippen MR) is 581 cm³/mol. The number of carboxylic acid groups (broad SMARTS) is 1. The molecule has 3 aliphatic heterocycles. The maximum Gasteiger partial charge on any atom is 0.411 e. The number of hydrogen-bond acceptors (Lipinski definition) is 28. The Morgan fingerprint density at radius 3 is 1.18 bits per heavy atom. The molecule has 142 heavy (non-hydrogen) atoms. The van der Waals surface area contributed by atoms with E-state index in [0.717, 1.165) is 117 Å². The average Bonchev–Trinajstić information content (AvgIpc) is 1.68. The van der Waals surface area contributed by atoms with Crippen LogP contribution in [-0.4, -0.2) is 190 Å². The van der Waals surface area contributed by atoms with E-state index in [0.29, 0.717) is 85.9 Å². The van der Waals surface area contributed by atoms with E-state index in [1.54, 1.807) is 115 Å². The number of carbonyl (C=O) groups is 8. The number of ketones is 2. The Hall–Kier alpha value is -9.86. The molecule has 11 aromatic rings. The summed E-state index contributed by atoms with van der Waals surface area (Å²) in [6, 6.07) is 59.1. The number of thioether (sulfide) groups is 3. The minimum Gasteiger partial charge on any atom is -0.480 e. The van der Waals surface area contributed by atoms with Gasteiger partial charge >= 0.3 is 36.4 Å². The third-order valence-corrected chi connectivity index (χ3v) is 30.4. The fourth-order valence-electron chi connectivity index (χ4n) is 15.6. The number of nitrogens with zero attached hydrogens (tertiary/aromatic N) is 8. The van der Waals surface area contributed by atoms with Crippen molar-refractivity contribution in [3.8, 4) is 0 Å². The number of amides is 6. The first kappa shape index (κ1) is 117. The molecular formula is C105H136Cl2N14O13S8. The highest BCUT2D eigenvalue weighted by atomic mass is 35.5. The van der Waals surface area contributed by atoms with Gasteiger partial charge in [0.1, 0.15) is 43.5 Å². The van der Waals surface area contributed by atoms with Crippen molar-refractivity contribution in [3.05, 3.63) is 297 Å². The van der Waals surface area contributed by atoms with Gasteiger partial charge in [-0.2, -0.15) is 0 Å². The number of urea groups is 1. The zero-order valence-electron chi connectivity index (χ0n) is 82.1. The zero-order valence-corrected chi connectivity index (χ0v) is 90.2. The molecule has 0 bridgehead atoms. The number of thiazole rings is 5. The molecule has 6 amide bonds. The number of carbonyl (C=O) groups excluding carboxylic acids is 7. The average molecular weight is 2130 g/mol. The number of carboxylic acids is 1. The van der Waals surface area contributed by atoms with Crippen molar-refractivity contribution in [2.45, 2.75) is 231 Å². The van der Waals surface area contributed by atoms with Crippen LogP contribution in [0.5, 0.6) is 0 Å². The maximum absolute atomic E-state index is 14.0. The molecular weight excluding hydrogens is 1990 g/mol. The van der Waals surface area contributed by atoms with Crippen molar-refractivity contribution >= 4 is 165 Å². The number of benzene rings is 6. The van der Waals surface area contributed by atoms with Crippen LogP contribution in [0.2, 0.25) is 0 Å². The zero-order chi connectivity index (χ0) is 99.8. The molecule has 9 atom stereocenters. The van der Waals surface area contributed by atoms with Gasteiger partial charge in [0.25, 0.3) is 0 Å². The van der Waals surface area contributed by atoms with Crippen LogP contribution in [0.25, 0.3) is 0 Å². The molecule has 27 nitrogen and oxygen atoms in total. The van der Waals surface area contributed by atoms with Crippen molar-refractivity contribution in [2.75, 3.05) is 49.0 Å². The summed E-state index contributed by atoms with van der Waals surface area (Å²) >= 11 is 12.5. The third kappa shape index (κ3) is 44.0. The lowest BCUT2D eigenvalue weighted by atomic mass is 9.86. The summed E-state index contributed by atoms with van der Waals surface area (Å²) in [4.78, 5) is 131. The Morgan fingerprint density at radius 2 is 0.838 bits per heavy atom. The Bertz CT molecular complexity index is 5420.